The summed E-state index contributed by atoms with van der Waals surface area (Å²) in [6.07, 6.45) is 2.47. The molecule has 0 aromatic rings. The number of carbonyl (C=O) groups excluding carboxylic acids is 1. The minimum Gasteiger partial charge on any atom is -0.396 e. The predicted octanol–water partition coefficient (Wildman–Crippen LogP) is 0.0628. The van der Waals surface area contributed by atoms with Crippen molar-refractivity contribution in [1.82, 2.24) is 9.80 Å². The number of nitriles is 1. The quantitative estimate of drug-likeness (QED) is 0.737. The maximum absolute atomic E-state index is 11.8. The molecule has 1 unspecified atom stereocenters. The molecule has 1 fully saturated rings. The molecule has 1 saturated heterocycles. The molecule has 5 nitrogen and oxygen atoms in total. The van der Waals surface area contributed by atoms with Crippen molar-refractivity contribution in [1.29, 1.82) is 5.26 Å². The van der Waals surface area contributed by atoms with Crippen LogP contribution < -0.4 is 0 Å². The maximum Gasteiger partial charge on any atom is 0.236 e. The number of likely N-dealkylation sites (tertiary alicyclic amines) is 1. The Hall–Kier alpha value is -1.12. The van der Waals surface area contributed by atoms with Gasteiger partial charge in [0, 0.05) is 26.7 Å². The first kappa shape index (κ1) is 13.9. The second kappa shape index (κ2) is 7.25. The second-order valence-electron chi connectivity index (χ2n) is 4.65. The number of nitrogens with zero attached hydrogens (tertiary/aromatic N) is 3. The monoisotopic (exact) mass is 239 g/mol. The summed E-state index contributed by atoms with van der Waals surface area (Å²) in [5, 5.41) is 17.6. The summed E-state index contributed by atoms with van der Waals surface area (Å²) in [5.41, 5.74) is 0. The van der Waals surface area contributed by atoms with Crippen molar-refractivity contribution in [2.75, 3.05) is 39.8 Å². The van der Waals surface area contributed by atoms with E-state index in [-0.39, 0.29) is 12.5 Å². The largest absolute Gasteiger partial charge is 0.396 e. The van der Waals surface area contributed by atoms with Gasteiger partial charge in [0.25, 0.3) is 0 Å². The van der Waals surface area contributed by atoms with E-state index in [0.29, 0.717) is 25.4 Å². The summed E-state index contributed by atoms with van der Waals surface area (Å²) in [6, 6.07) is 2.03. The molecule has 1 N–H and O–H groups in total. The standard InChI is InChI=1S/C12H21N3O2/c1-14(6-3-5-13)12(17)9-15-7-2-4-11(8-15)10-16/h11,16H,2-4,6-10H2,1H3. The van der Waals surface area contributed by atoms with Crippen molar-refractivity contribution < 1.29 is 9.90 Å². The Morgan fingerprint density at radius 1 is 1.65 bits per heavy atom. The van der Waals surface area contributed by atoms with E-state index < -0.39 is 0 Å². The van der Waals surface area contributed by atoms with Gasteiger partial charge in [0.2, 0.25) is 5.91 Å². The summed E-state index contributed by atoms with van der Waals surface area (Å²) >= 11 is 0. The van der Waals surface area contributed by atoms with E-state index in [0.717, 1.165) is 25.9 Å². The minimum atomic E-state index is 0.0545. The fraction of sp³-hybridized carbons (Fsp3) is 0.833. The second-order valence-corrected chi connectivity index (χ2v) is 4.65. The Morgan fingerprint density at radius 2 is 2.41 bits per heavy atom. The van der Waals surface area contributed by atoms with Crippen molar-refractivity contribution in [3.8, 4) is 6.07 Å². The summed E-state index contributed by atoms with van der Waals surface area (Å²) in [6.45, 7) is 2.82. The Morgan fingerprint density at radius 3 is 3.06 bits per heavy atom. The number of hydrogen-bond acceptors (Lipinski definition) is 4. The van der Waals surface area contributed by atoms with Gasteiger partial charge in [-0.1, -0.05) is 0 Å². The number of aliphatic hydroxyl groups excluding tert-OH is 1. The van der Waals surface area contributed by atoms with Crippen LogP contribution in [0.4, 0.5) is 0 Å². The van der Waals surface area contributed by atoms with Gasteiger partial charge in [-0.3, -0.25) is 9.69 Å². The lowest BCUT2D eigenvalue weighted by molar-refractivity contribution is -0.131. The van der Waals surface area contributed by atoms with Crippen LogP contribution in [0, 0.1) is 17.2 Å². The summed E-state index contributed by atoms with van der Waals surface area (Å²) < 4.78 is 0. The number of rotatable bonds is 5. The number of likely N-dealkylation sites (N-methyl/N-ethyl adjacent to an activating group) is 1. The molecule has 0 aromatic heterocycles. The van der Waals surface area contributed by atoms with E-state index in [9.17, 15) is 4.79 Å². The first-order valence-electron chi connectivity index (χ1n) is 6.11. The third-order valence-corrected chi connectivity index (χ3v) is 3.20. The summed E-state index contributed by atoms with van der Waals surface area (Å²) in [5.74, 6) is 0.361. The van der Waals surface area contributed by atoms with Crippen LogP contribution in [0.25, 0.3) is 0 Å². The molecular weight excluding hydrogens is 218 g/mol. The fourth-order valence-corrected chi connectivity index (χ4v) is 2.10. The van der Waals surface area contributed by atoms with E-state index in [4.69, 9.17) is 10.4 Å². The van der Waals surface area contributed by atoms with E-state index in [1.165, 1.54) is 0 Å². The van der Waals surface area contributed by atoms with Crippen LogP contribution in [-0.2, 0) is 4.79 Å². The van der Waals surface area contributed by atoms with Crippen molar-refractivity contribution in [2.45, 2.75) is 19.3 Å². The van der Waals surface area contributed by atoms with Crippen molar-refractivity contribution in [3.05, 3.63) is 0 Å². The molecule has 0 aromatic carbocycles. The van der Waals surface area contributed by atoms with E-state index in [1.54, 1.807) is 11.9 Å². The smallest absolute Gasteiger partial charge is 0.236 e. The Bertz CT molecular complexity index is 288. The molecule has 17 heavy (non-hydrogen) atoms. The average molecular weight is 239 g/mol. The van der Waals surface area contributed by atoms with Gasteiger partial charge in [-0.05, 0) is 25.3 Å². The molecule has 1 atom stereocenters. The van der Waals surface area contributed by atoms with Gasteiger partial charge >= 0.3 is 0 Å². The first-order valence-corrected chi connectivity index (χ1v) is 6.11. The minimum absolute atomic E-state index is 0.0545. The number of aliphatic hydroxyl groups is 1. The number of carbonyl (C=O) groups is 1. The number of piperidine rings is 1. The molecule has 1 amide bonds. The zero-order valence-corrected chi connectivity index (χ0v) is 10.4. The molecule has 1 rings (SSSR count). The molecule has 5 heteroatoms. The lowest BCUT2D eigenvalue weighted by Crippen LogP contribution is -2.43. The zero-order valence-electron chi connectivity index (χ0n) is 10.4. The maximum atomic E-state index is 11.8. The normalized spacial score (nSPS) is 20.9. The molecule has 0 aliphatic carbocycles. The molecule has 0 spiro atoms. The molecule has 96 valence electrons. The van der Waals surface area contributed by atoms with Crippen molar-refractivity contribution in [3.63, 3.8) is 0 Å². The van der Waals surface area contributed by atoms with E-state index in [1.807, 2.05) is 6.07 Å². The number of amides is 1. The van der Waals surface area contributed by atoms with Crippen LogP contribution in [0.5, 0.6) is 0 Å². The summed E-state index contributed by atoms with van der Waals surface area (Å²) in [4.78, 5) is 15.5. The molecule has 1 heterocycles. The summed E-state index contributed by atoms with van der Waals surface area (Å²) in [7, 11) is 1.73. The van der Waals surface area contributed by atoms with Gasteiger partial charge < -0.3 is 10.0 Å². The van der Waals surface area contributed by atoms with Crippen molar-refractivity contribution in [2.24, 2.45) is 5.92 Å². The average Bonchev–Trinajstić information content (AvgIpc) is 2.36. The predicted molar refractivity (Wildman–Crippen MR) is 64.1 cm³/mol. The lowest BCUT2D eigenvalue weighted by atomic mass is 9.99. The van der Waals surface area contributed by atoms with Gasteiger partial charge in [-0.25, -0.2) is 0 Å². The van der Waals surface area contributed by atoms with E-state index >= 15 is 0 Å². The van der Waals surface area contributed by atoms with Gasteiger partial charge in [-0.2, -0.15) is 5.26 Å². The SMILES string of the molecule is CN(CCC#N)C(=O)CN1CCCC(CO)C1. The third kappa shape index (κ3) is 4.72. The molecule has 0 bridgehead atoms. The highest BCUT2D eigenvalue weighted by Crippen LogP contribution is 2.15. The highest BCUT2D eigenvalue weighted by atomic mass is 16.3. The topological polar surface area (TPSA) is 67.6 Å². The van der Waals surface area contributed by atoms with Crippen LogP contribution >= 0.6 is 0 Å². The number of hydrogen-bond donors (Lipinski definition) is 1. The molecule has 0 saturated carbocycles. The van der Waals surface area contributed by atoms with Gasteiger partial charge in [0.15, 0.2) is 0 Å². The Labute approximate surface area is 103 Å². The van der Waals surface area contributed by atoms with Gasteiger partial charge in [0.1, 0.15) is 0 Å². The van der Waals surface area contributed by atoms with Crippen LogP contribution in [0.1, 0.15) is 19.3 Å². The lowest BCUT2D eigenvalue weighted by Gasteiger charge is -2.32. The van der Waals surface area contributed by atoms with Crippen molar-refractivity contribution >= 4 is 5.91 Å². The molecule has 1 aliphatic rings. The highest BCUT2D eigenvalue weighted by Gasteiger charge is 2.21. The van der Waals surface area contributed by atoms with Crippen LogP contribution in [0.15, 0.2) is 0 Å². The fourth-order valence-electron chi connectivity index (χ4n) is 2.10. The van der Waals surface area contributed by atoms with E-state index in [2.05, 4.69) is 4.90 Å². The van der Waals surface area contributed by atoms with Gasteiger partial charge in [-0.15, -0.1) is 0 Å². The van der Waals surface area contributed by atoms with Crippen LogP contribution in [0.3, 0.4) is 0 Å². The van der Waals surface area contributed by atoms with Crippen LogP contribution in [0.2, 0.25) is 0 Å². The Balaban J connectivity index is 2.32. The highest BCUT2D eigenvalue weighted by molar-refractivity contribution is 5.78. The zero-order chi connectivity index (χ0) is 12.7. The molecular formula is C12H21N3O2. The Kier molecular flexibility index (Phi) is 5.95. The molecule has 0 radical (unpaired) electrons. The first-order chi connectivity index (χ1) is 8.17. The molecule has 1 aliphatic heterocycles. The van der Waals surface area contributed by atoms with Gasteiger partial charge in [0.05, 0.1) is 19.0 Å². The third-order valence-electron chi connectivity index (χ3n) is 3.20. The van der Waals surface area contributed by atoms with Crippen LogP contribution in [-0.4, -0.2) is 60.6 Å².